The van der Waals surface area contributed by atoms with Crippen LogP contribution in [0.5, 0.6) is 0 Å². The lowest BCUT2D eigenvalue weighted by Gasteiger charge is -2.34. The minimum absolute atomic E-state index is 0.0429. The van der Waals surface area contributed by atoms with E-state index in [2.05, 4.69) is 14.9 Å². The maximum atomic E-state index is 12.4. The highest BCUT2D eigenvalue weighted by atomic mass is 35.5. The van der Waals surface area contributed by atoms with Crippen molar-refractivity contribution in [1.82, 2.24) is 19.8 Å². The highest BCUT2D eigenvalue weighted by Gasteiger charge is 2.23. The van der Waals surface area contributed by atoms with Gasteiger partial charge in [0.15, 0.2) is 5.16 Å². The molecule has 0 aliphatic carbocycles. The number of rotatable bonds is 4. The summed E-state index contributed by atoms with van der Waals surface area (Å²) in [5.74, 6) is 1.22. The van der Waals surface area contributed by atoms with Crippen LogP contribution in [0.3, 0.4) is 0 Å². The summed E-state index contributed by atoms with van der Waals surface area (Å²) < 4.78 is 0. The Morgan fingerprint density at radius 3 is 2.35 bits per heavy atom. The third-order valence-electron chi connectivity index (χ3n) is 4.74. The Hall–Kier alpha value is -1.54. The molecule has 2 saturated heterocycles. The van der Waals surface area contributed by atoms with Crippen molar-refractivity contribution in [1.29, 1.82) is 0 Å². The fourth-order valence-corrected chi connectivity index (χ4v) is 4.21. The summed E-state index contributed by atoms with van der Waals surface area (Å²) in [4.78, 5) is 38.4. The van der Waals surface area contributed by atoms with Gasteiger partial charge in [-0.15, -0.1) is 0 Å². The van der Waals surface area contributed by atoms with Crippen LogP contribution in [-0.4, -0.2) is 76.6 Å². The van der Waals surface area contributed by atoms with Crippen molar-refractivity contribution in [2.45, 2.75) is 31.3 Å². The zero-order valence-corrected chi connectivity index (χ0v) is 16.6. The van der Waals surface area contributed by atoms with Gasteiger partial charge in [-0.05, 0) is 19.3 Å². The van der Waals surface area contributed by atoms with Crippen LogP contribution in [0.2, 0.25) is 5.15 Å². The molecule has 7 nitrogen and oxygen atoms in total. The van der Waals surface area contributed by atoms with Gasteiger partial charge in [-0.25, -0.2) is 9.97 Å². The predicted molar refractivity (Wildman–Crippen MR) is 103 cm³/mol. The quantitative estimate of drug-likeness (QED) is 0.439. The molecule has 1 aromatic heterocycles. The number of piperidine rings is 1. The number of nitrogens with zero attached hydrogens (tertiary/aromatic N) is 5. The lowest BCUT2D eigenvalue weighted by Crippen LogP contribution is -2.50. The molecule has 0 radical (unpaired) electrons. The molecule has 2 aliphatic rings. The Balaban J connectivity index is 1.55. The SMILES string of the molecule is CC(=O)N1CCN(C(=O)CSc2nc(Cl)cc(N3CCCCC3)n2)CC1. The molecule has 0 saturated carbocycles. The second kappa shape index (κ2) is 8.90. The van der Waals surface area contributed by atoms with Gasteiger partial charge in [-0.2, -0.15) is 0 Å². The minimum atomic E-state index is 0.0429. The Morgan fingerprint density at radius 1 is 1.04 bits per heavy atom. The largest absolute Gasteiger partial charge is 0.356 e. The van der Waals surface area contributed by atoms with Gasteiger partial charge < -0.3 is 14.7 Å². The summed E-state index contributed by atoms with van der Waals surface area (Å²) in [6, 6.07) is 1.79. The molecule has 2 aliphatic heterocycles. The summed E-state index contributed by atoms with van der Waals surface area (Å²) in [5.41, 5.74) is 0. The van der Waals surface area contributed by atoms with Gasteiger partial charge in [-0.3, -0.25) is 9.59 Å². The summed E-state index contributed by atoms with van der Waals surface area (Å²) >= 11 is 7.47. The van der Waals surface area contributed by atoms with Crippen molar-refractivity contribution < 1.29 is 9.59 Å². The van der Waals surface area contributed by atoms with Crippen LogP contribution in [0.25, 0.3) is 0 Å². The Morgan fingerprint density at radius 2 is 1.69 bits per heavy atom. The first-order valence-electron chi connectivity index (χ1n) is 8.98. The molecule has 1 aromatic rings. The van der Waals surface area contributed by atoms with E-state index in [1.807, 2.05) is 0 Å². The Labute approximate surface area is 163 Å². The predicted octanol–water partition coefficient (Wildman–Crippen LogP) is 1.90. The molecule has 26 heavy (non-hydrogen) atoms. The third-order valence-corrected chi connectivity index (χ3v) is 5.77. The van der Waals surface area contributed by atoms with E-state index in [0.29, 0.717) is 36.5 Å². The zero-order valence-electron chi connectivity index (χ0n) is 15.0. The van der Waals surface area contributed by atoms with Crippen LogP contribution in [0.15, 0.2) is 11.2 Å². The average molecular weight is 398 g/mol. The average Bonchev–Trinajstić information content (AvgIpc) is 2.66. The van der Waals surface area contributed by atoms with Crippen LogP contribution in [-0.2, 0) is 9.59 Å². The van der Waals surface area contributed by atoms with Crippen molar-refractivity contribution in [3.63, 3.8) is 0 Å². The maximum absolute atomic E-state index is 12.4. The molecule has 0 unspecified atom stereocenters. The van der Waals surface area contributed by atoms with Crippen LogP contribution < -0.4 is 4.90 Å². The molecule has 0 aromatic carbocycles. The highest BCUT2D eigenvalue weighted by molar-refractivity contribution is 7.99. The number of amides is 2. The van der Waals surface area contributed by atoms with E-state index in [1.54, 1.807) is 22.8 Å². The standard InChI is InChI=1S/C17H24ClN5O2S/c1-13(24)21-7-9-23(10-8-21)16(25)12-26-17-19-14(18)11-15(20-17)22-5-3-2-4-6-22/h11H,2-10,12H2,1H3. The Bertz CT molecular complexity index is 661. The van der Waals surface area contributed by atoms with Crippen LogP contribution in [0.1, 0.15) is 26.2 Å². The van der Waals surface area contributed by atoms with E-state index in [9.17, 15) is 9.59 Å². The molecule has 9 heteroatoms. The molecular weight excluding hydrogens is 374 g/mol. The van der Waals surface area contributed by atoms with Crippen molar-refractivity contribution in [2.75, 3.05) is 49.9 Å². The molecule has 3 heterocycles. The summed E-state index contributed by atoms with van der Waals surface area (Å²) in [6.07, 6.45) is 3.58. The second-order valence-corrected chi connectivity index (χ2v) is 7.88. The fraction of sp³-hybridized carbons (Fsp3) is 0.647. The molecule has 0 N–H and O–H groups in total. The lowest BCUT2D eigenvalue weighted by atomic mass is 10.1. The van der Waals surface area contributed by atoms with Gasteiger partial charge >= 0.3 is 0 Å². The molecule has 3 rings (SSSR count). The van der Waals surface area contributed by atoms with E-state index >= 15 is 0 Å². The monoisotopic (exact) mass is 397 g/mol. The van der Waals surface area contributed by atoms with E-state index < -0.39 is 0 Å². The maximum Gasteiger partial charge on any atom is 0.233 e. The van der Waals surface area contributed by atoms with E-state index in [0.717, 1.165) is 31.7 Å². The molecule has 0 bridgehead atoms. The summed E-state index contributed by atoms with van der Waals surface area (Å²) in [7, 11) is 0. The number of thioether (sulfide) groups is 1. The first kappa shape index (κ1) is 19.2. The van der Waals surface area contributed by atoms with Gasteiger partial charge in [0.25, 0.3) is 0 Å². The number of anilines is 1. The summed E-state index contributed by atoms with van der Waals surface area (Å²) in [6.45, 7) is 5.87. The minimum Gasteiger partial charge on any atom is -0.356 e. The van der Waals surface area contributed by atoms with Crippen LogP contribution in [0, 0.1) is 0 Å². The second-order valence-electron chi connectivity index (χ2n) is 6.55. The summed E-state index contributed by atoms with van der Waals surface area (Å²) in [5, 5.41) is 0.944. The Kier molecular flexibility index (Phi) is 6.58. The molecule has 2 fully saturated rings. The highest BCUT2D eigenvalue weighted by Crippen LogP contribution is 2.24. The molecule has 0 atom stereocenters. The normalized spacial score (nSPS) is 18.2. The fourth-order valence-electron chi connectivity index (χ4n) is 3.22. The van der Waals surface area contributed by atoms with E-state index in [4.69, 9.17) is 11.6 Å². The van der Waals surface area contributed by atoms with Crippen LogP contribution in [0.4, 0.5) is 5.82 Å². The third kappa shape index (κ3) is 5.01. The van der Waals surface area contributed by atoms with Crippen molar-refractivity contribution in [3.8, 4) is 0 Å². The van der Waals surface area contributed by atoms with Crippen molar-refractivity contribution in [3.05, 3.63) is 11.2 Å². The molecule has 2 amide bonds. The topological polar surface area (TPSA) is 69.6 Å². The van der Waals surface area contributed by atoms with Crippen LogP contribution >= 0.6 is 23.4 Å². The number of hydrogen-bond donors (Lipinski definition) is 0. The smallest absolute Gasteiger partial charge is 0.233 e. The van der Waals surface area contributed by atoms with Crippen molar-refractivity contribution in [2.24, 2.45) is 0 Å². The number of carbonyl (C=O) groups is 2. The number of carbonyl (C=O) groups excluding carboxylic acids is 2. The molecule has 0 spiro atoms. The zero-order chi connectivity index (χ0) is 18.5. The molecule has 142 valence electrons. The first-order chi connectivity index (χ1) is 12.5. The first-order valence-corrected chi connectivity index (χ1v) is 10.3. The number of halogens is 1. The van der Waals surface area contributed by atoms with Gasteiger partial charge in [0, 0.05) is 52.3 Å². The van der Waals surface area contributed by atoms with Gasteiger partial charge in [-0.1, -0.05) is 23.4 Å². The van der Waals surface area contributed by atoms with Crippen molar-refractivity contribution >= 4 is 41.0 Å². The van der Waals surface area contributed by atoms with E-state index in [1.165, 1.54) is 18.2 Å². The van der Waals surface area contributed by atoms with Gasteiger partial charge in [0.05, 0.1) is 5.75 Å². The van der Waals surface area contributed by atoms with Gasteiger partial charge in [0.1, 0.15) is 11.0 Å². The van der Waals surface area contributed by atoms with Gasteiger partial charge in [0.2, 0.25) is 11.8 Å². The molecular formula is C17H24ClN5O2S. The number of piperazine rings is 1. The number of aromatic nitrogens is 2. The number of hydrogen-bond acceptors (Lipinski definition) is 6. The lowest BCUT2D eigenvalue weighted by molar-refractivity contribution is -0.136. The van der Waals surface area contributed by atoms with E-state index in [-0.39, 0.29) is 17.6 Å².